The lowest BCUT2D eigenvalue weighted by atomic mass is 10.2. The van der Waals surface area contributed by atoms with Crippen molar-refractivity contribution < 1.29 is 9.90 Å². The molecule has 1 fully saturated rings. The third-order valence-corrected chi connectivity index (χ3v) is 3.18. The molecule has 2 rings (SSSR count). The van der Waals surface area contributed by atoms with E-state index >= 15 is 0 Å². The maximum absolute atomic E-state index is 11.1. The fourth-order valence-electron chi connectivity index (χ4n) is 2.41. The Bertz CT molecular complexity index is 378. The summed E-state index contributed by atoms with van der Waals surface area (Å²) in [5, 5.41) is 13.6. The van der Waals surface area contributed by atoms with Gasteiger partial charge in [0.1, 0.15) is 5.69 Å². The number of hydrogen-bond acceptors (Lipinski definition) is 2. The van der Waals surface area contributed by atoms with Crippen molar-refractivity contribution in [3.8, 4) is 0 Å². The second-order valence-corrected chi connectivity index (χ2v) is 4.46. The normalized spacial score (nSPS) is 16.8. The quantitative estimate of drug-likeness (QED) is 0.852. The second-order valence-electron chi connectivity index (χ2n) is 4.46. The van der Waals surface area contributed by atoms with Crippen LogP contribution < -0.4 is 0 Å². The van der Waals surface area contributed by atoms with Crippen LogP contribution in [0.15, 0.2) is 6.07 Å². The van der Waals surface area contributed by atoms with Gasteiger partial charge >= 0.3 is 5.97 Å². The van der Waals surface area contributed by atoms with E-state index in [1.54, 1.807) is 10.7 Å². The first-order valence-corrected chi connectivity index (χ1v) is 6.04. The monoisotopic (exact) mass is 222 g/mol. The number of carboxylic acids is 1. The number of nitrogens with zero attached hydrogens (tertiary/aromatic N) is 2. The molecule has 16 heavy (non-hydrogen) atoms. The van der Waals surface area contributed by atoms with E-state index in [1.807, 2.05) is 0 Å². The Morgan fingerprint density at radius 2 is 2.25 bits per heavy atom. The number of hydrogen-bond donors (Lipinski definition) is 1. The molecule has 1 aliphatic rings. The van der Waals surface area contributed by atoms with Crippen LogP contribution in [0, 0.1) is 0 Å². The van der Waals surface area contributed by atoms with Gasteiger partial charge in [-0.15, -0.1) is 0 Å². The SMILES string of the molecule is CCCc1cc(C(=O)O)n(C2CCCC2)n1. The maximum Gasteiger partial charge on any atom is 0.354 e. The summed E-state index contributed by atoms with van der Waals surface area (Å²) >= 11 is 0. The summed E-state index contributed by atoms with van der Waals surface area (Å²) in [5.74, 6) is -0.859. The number of aromatic nitrogens is 2. The van der Waals surface area contributed by atoms with Gasteiger partial charge in [0.05, 0.1) is 11.7 Å². The summed E-state index contributed by atoms with van der Waals surface area (Å²) in [6, 6.07) is 2.03. The van der Waals surface area contributed by atoms with E-state index in [4.69, 9.17) is 5.11 Å². The minimum absolute atomic E-state index is 0.303. The molecule has 0 unspecified atom stereocenters. The summed E-state index contributed by atoms with van der Waals surface area (Å²) < 4.78 is 1.74. The smallest absolute Gasteiger partial charge is 0.354 e. The number of aryl methyl sites for hydroxylation is 1. The Morgan fingerprint density at radius 3 is 2.81 bits per heavy atom. The highest BCUT2D eigenvalue weighted by Gasteiger charge is 2.23. The molecule has 88 valence electrons. The molecule has 1 aliphatic carbocycles. The molecule has 0 bridgehead atoms. The summed E-state index contributed by atoms with van der Waals surface area (Å²) in [6.07, 6.45) is 6.36. The molecule has 1 saturated carbocycles. The predicted octanol–water partition coefficient (Wildman–Crippen LogP) is 2.65. The highest BCUT2D eigenvalue weighted by atomic mass is 16.4. The van der Waals surface area contributed by atoms with Crippen LogP contribution in [0.5, 0.6) is 0 Å². The molecule has 0 radical (unpaired) electrons. The number of aromatic carboxylic acids is 1. The van der Waals surface area contributed by atoms with Crippen LogP contribution >= 0.6 is 0 Å². The molecule has 0 amide bonds. The summed E-state index contributed by atoms with van der Waals surface area (Å²) in [7, 11) is 0. The van der Waals surface area contributed by atoms with Gasteiger partial charge in [-0.25, -0.2) is 4.79 Å². The number of rotatable bonds is 4. The fraction of sp³-hybridized carbons (Fsp3) is 0.667. The average Bonchev–Trinajstić information content (AvgIpc) is 2.83. The largest absolute Gasteiger partial charge is 0.477 e. The van der Waals surface area contributed by atoms with Crippen molar-refractivity contribution in [1.29, 1.82) is 0 Å². The molecule has 0 atom stereocenters. The molecule has 1 N–H and O–H groups in total. The van der Waals surface area contributed by atoms with Crippen LogP contribution in [0.4, 0.5) is 0 Å². The van der Waals surface area contributed by atoms with Gasteiger partial charge in [0.15, 0.2) is 0 Å². The Morgan fingerprint density at radius 1 is 1.56 bits per heavy atom. The fourth-order valence-corrected chi connectivity index (χ4v) is 2.41. The molecule has 0 saturated heterocycles. The molecular formula is C12H18N2O2. The Hall–Kier alpha value is -1.32. The Balaban J connectivity index is 2.29. The van der Waals surface area contributed by atoms with E-state index in [2.05, 4.69) is 12.0 Å². The average molecular weight is 222 g/mol. The van der Waals surface area contributed by atoms with Crippen LogP contribution in [0.1, 0.15) is 61.3 Å². The number of carbonyl (C=O) groups is 1. The van der Waals surface area contributed by atoms with E-state index in [-0.39, 0.29) is 0 Å². The van der Waals surface area contributed by atoms with E-state index in [9.17, 15) is 4.79 Å². The predicted molar refractivity (Wildman–Crippen MR) is 60.7 cm³/mol. The van der Waals surface area contributed by atoms with Gasteiger partial charge in [-0.1, -0.05) is 26.2 Å². The number of carboxylic acid groups (broad SMARTS) is 1. The van der Waals surface area contributed by atoms with E-state index in [0.29, 0.717) is 11.7 Å². The first-order valence-electron chi connectivity index (χ1n) is 6.04. The molecular weight excluding hydrogens is 204 g/mol. The van der Waals surface area contributed by atoms with Gasteiger partial charge in [0.2, 0.25) is 0 Å². The van der Waals surface area contributed by atoms with Gasteiger partial charge in [0.25, 0.3) is 0 Å². The third-order valence-electron chi connectivity index (χ3n) is 3.18. The third kappa shape index (κ3) is 2.10. The first-order chi connectivity index (χ1) is 7.72. The first kappa shape index (κ1) is 11.2. The minimum Gasteiger partial charge on any atom is -0.477 e. The van der Waals surface area contributed by atoms with E-state index < -0.39 is 5.97 Å². The lowest BCUT2D eigenvalue weighted by molar-refractivity contribution is 0.0680. The van der Waals surface area contributed by atoms with Crippen LogP contribution in [0.2, 0.25) is 0 Å². The lowest BCUT2D eigenvalue weighted by Gasteiger charge is -2.11. The van der Waals surface area contributed by atoms with E-state index in [1.165, 1.54) is 12.8 Å². The second kappa shape index (κ2) is 4.68. The van der Waals surface area contributed by atoms with Crippen molar-refractivity contribution in [2.45, 2.75) is 51.5 Å². The van der Waals surface area contributed by atoms with Crippen molar-refractivity contribution >= 4 is 5.97 Å². The minimum atomic E-state index is -0.859. The van der Waals surface area contributed by atoms with Crippen LogP contribution in [0.3, 0.4) is 0 Å². The standard InChI is InChI=1S/C12H18N2O2/c1-2-5-9-8-11(12(15)16)14(13-9)10-6-3-4-7-10/h8,10H,2-7H2,1H3,(H,15,16). The van der Waals surface area contributed by atoms with Crippen molar-refractivity contribution in [2.24, 2.45) is 0 Å². The zero-order chi connectivity index (χ0) is 11.5. The zero-order valence-corrected chi connectivity index (χ0v) is 9.65. The van der Waals surface area contributed by atoms with Crippen LogP contribution in [-0.4, -0.2) is 20.9 Å². The van der Waals surface area contributed by atoms with Crippen LogP contribution in [0.25, 0.3) is 0 Å². The molecule has 1 heterocycles. The van der Waals surface area contributed by atoms with Gasteiger partial charge in [-0.05, 0) is 25.3 Å². The van der Waals surface area contributed by atoms with Crippen molar-refractivity contribution in [1.82, 2.24) is 9.78 Å². The lowest BCUT2D eigenvalue weighted by Crippen LogP contribution is -2.14. The van der Waals surface area contributed by atoms with Crippen molar-refractivity contribution in [3.05, 3.63) is 17.5 Å². The van der Waals surface area contributed by atoms with Crippen molar-refractivity contribution in [2.75, 3.05) is 0 Å². The van der Waals surface area contributed by atoms with Gasteiger partial charge in [0, 0.05) is 0 Å². The van der Waals surface area contributed by atoms with Gasteiger partial charge in [-0.3, -0.25) is 4.68 Å². The molecule has 4 nitrogen and oxygen atoms in total. The topological polar surface area (TPSA) is 55.1 Å². The Labute approximate surface area is 95.3 Å². The summed E-state index contributed by atoms with van der Waals surface area (Å²) in [6.45, 7) is 2.08. The molecule has 0 aliphatic heterocycles. The summed E-state index contributed by atoms with van der Waals surface area (Å²) in [5.41, 5.74) is 1.27. The molecule has 1 aromatic heterocycles. The van der Waals surface area contributed by atoms with Crippen molar-refractivity contribution in [3.63, 3.8) is 0 Å². The molecule has 0 aromatic carbocycles. The molecule has 0 spiro atoms. The maximum atomic E-state index is 11.1. The molecule has 4 heteroatoms. The van der Waals surface area contributed by atoms with Crippen LogP contribution in [-0.2, 0) is 6.42 Å². The van der Waals surface area contributed by atoms with Gasteiger partial charge < -0.3 is 5.11 Å². The zero-order valence-electron chi connectivity index (χ0n) is 9.65. The highest BCUT2D eigenvalue weighted by Crippen LogP contribution is 2.30. The Kier molecular flexibility index (Phi) is 3.27. The van der Waals surface area contributed by atoms with E-state index in [0.717, 1.165) is 31.4 Å². The van der Waals surface area contributed by atoms with Gasteiger partial charge in [-0.2, -0.15) is 5.10 Å². The highest BCUT2D eigenvalue weighted by molar-refractivity contribution is 5.85. The summed E-state index contributed by atoms with van der Waals surface area (Å²) in [4.78, 5) is 11.1. The molecule has 1 aromatic rings.